The van der Waals surface area contributed by atoms with E-state index in [4.69, 9.17) is 17.0 Å². The summed E-state index contributed by atoms with van der Waals surface area (Å²) in [5, 5.41) is -0.545. The minimum absolute atomic E-state index is 0.0379. The van der Waals surface area contributed by atoms with Crippen molar-refractivity contribution in [3.05, 3.63) is 88.7 Å². The van der Waals surface area contributed by atoms with Crippen LogP contribution in [0, 0.1) is 29.1 Å². The van der Waals surface area contributed by atoms with E-state index >= 15 is 0 Å². The molecule has 0 bridgehead atoms. The van der Waals surface area contributed by atoms with E-state index in [0.717, 1.165) is 18.4 Å². The topological polar surface area (TPSA) is 9.23 Å². The van der Waals surface area contributed by atoms with Gasteiger partial charge in [-0.25, -0.2) is 22.0 Å². The van der Waals surface area contributed by atoms with Gasteiger partial charge in [0, 0.05) is 17.7 Å². The molecule has 0 aliphatic rings. The molecule has 0 saturated carbocycles. The van der Waals surface area contributed by atoms with Crippen molar-refractivity contribution >= 4 is 17.3 Å². The zero-order valence-corrected chi connectivity index (χ0v) is 16.1. The molecule has 1 nitrogen and oxygen atoms in total. The van der Waals surface area contributed by atoms with Crippen molar-refractivity contribution in [2.45, 2.75) is 19.8 Å². The zero-order valence-electron chi connectivity index (χ0n) is 15.2. The quantitative estimate of drug-likeness (QED) is 0.255. The second-order valence-electron chi connectivity index (χ2n) is 6.33. The number of ether oxygens (including phenoxy) is 1. The van der Waals surface area contributed by atoms with Crippen molar-refractivity contribution in [2.24, 2.45) is 0 Å². The lowest BCUT2D eigenvalue weighted by Crippen LogP contribution is -2.11. The highest BCUT2D eigenvalue weighted by Crippen LogP contribution is 2.28. The van der Waals surface area contributed by atoms with Crippen molar-refractivity contribution < 1.29 is 26.7 Å². The Balaban J connectivity index is 1.88. The van der Waals surface area contributed by atoms with Crippen LogP contribution in [0.5, 0.6) is 5.75 Å². The van der Waals surface area contributed by atoms with E-state index in [1.54, 1.807) is 12.1 Å². The Kier molecular flexibility index (Phi) is 6.27. The van der Waals surface area contributed by atoms with Crippen LogP contribution in [-0.4, -0.2) is 5.05 Å². The van der Waals surface area contributed by atoms with Gasteiger partial charge in [-0.05, 0) is 35.8 Å². The summed E-state index contributed by atoms with van der Waals surface area (Å²) in [6.07, 6.45) is 1.85. The van der Waals surface area contributed by atoms with E-state index in [1.165, 1.54) is 12.1 Å². The highest BCUT2D eigenvalue weighted by Gasteiger charge is 2.20. The molecule has 0 aromatic heterocycles. The van der Waals surface area contributed by atoms with Crippen LogP contribution in [0.2, 0.25) is 0 Å². The minimum Gasteiger partial charge on any atom is -0.445 e. The summed E-state index contributed by atoms with van der Waals surface area (Å²) >= 11 is 4.91. The molecule has 0 fully saturated rings. The Labute approximate surface area is 169 Å². The van der Waals surface area contributed by atoms with Gasteiger partial charge in [0.2, 0.25) is 5.05 Å². The summed E-state index contributed by atoms with van der Waals surface area (Å²) < 4.78 is 73.8. The van der Waals surface area contributed by atoms with Gasteiger partial charge in [0.05, 0.1) is 5.56 Å². The lowest BCUT2D eigenvalue weighted by atomic mass is 10.00. The normalized spacial score (nSPS) is 10.8. The first kappa shape index (κ1) is 20.9. The van der Waals surface area contributed by atoms with Gasteiger partial charge in [0.1, 0.15) is 5.75 Å². The fourth-order valence-electron chi connectivity index (χ4n) is 2.82. The van der Waals surface area contributed by atoms with E-state index in [1.807, 2.05) is 19.1 Å². The summed E-state index contributed by atoms with van der Waals surface area (Å²) in [5.41, 5.74) is 1.22. The average Bonchev–Trinajstić information content (AvgIpc) is 2.69. The summed E-state index contributed by atoms with van der Waals surface area (Å²) in [4.78, 5) is 0. The smallest absolute Gasteiger partial charge is 0.201 e. The molecule has 3 rings (SSSR count). The third kappa shape index (κ3) is 4.45. The molecule has 3 aromatic rings. The van der Waals surface area contributed by atoms with Gasteiger partial charge in [-0.3, -0.25) is 0 Å². The van der Waals surface area contributed by atoms with Crippen LogP contribution in [0.3, 0.4) is 0 Å². The average molecular weight is 422 g/mol. The highest BCUT2D eigenvalue weighted by atomic mass is 32.1. The van der Waals surface area contributed by atoms with Crippen molar-refractivity contribution in [3.63, 3.8) is 0 Å². The fraction of sp³-hybridized carbons (Fsp3) is 0.136. The molecule has 0 saturated heterocycles. The van der Waals surface area contributed by atoms with Crippen molar-refractivity contribution in [3.8, 4) is 16.9 Å². The molecule has 0 atom stereocenters. The van der Waals surface area contributed by atoms with Gasteiger partial charge in [-0.15, -0.1) is 0 Å². The summed E-state index contributed by atoms with van der Waals surface area (Å²) in [5.74, 6) is -7.51. The minimum atomic E-state index is -1.67. The van der Waals surface area contributed by atoms with E-state index in [9.17, 15) is 22.0 Å². The molecule has 0 N–H and O–H groups in total. The predicted octanol–water partition coefficient (Wildman–Crippen LogP) is 6.76. The molecule has 0 unspecified atom stereocenters. The Morgan fingerprint density at radius 3 is 2.03 bits per heavy atom. The molecule has 150 valence electrons. The van der Waals surface area contributed by atoms with Crippen LogP contribution in [0.15, 0.2) is 48.5 Å². The molecule has 29 heavy (non-hydrogen) atoms. The Bertz CT molecular complexity index is 1040. The number of benzene rings is 3. The number of aryl methyl sites for hydroxylation is 1. The molecule has 0 aliphatic carbocycles. The Morgan fingerprint density at radius 2 is 1.45 bits per heavy atom. The van der Waals surface area contributed by atoms with Gasteiger partial charge in [0.15, 0.2) is 29.1 Å². The van der Waals surface area contributed by atoms with Crippen LogP contribution in [-0.2, 0) is 6.42 Å². The third-order valence-electron chi connectivity index (χ3n) is 4.27. The number of thiocarbonyl (C=S) groups is 1. The van der Waals surface area contributed by atoms with Crippen LogP contribution >= 0.6 is 12.2 Å². The predicted molar refractivity (Wildman–Crippen MR) is 104 cm³/mol. The second kappa shape index (κ2) is 8.69. The largest absolute Gasteiger partial charge is 0.445 e. The van der Waals surface area contributed by atoms with Crippen molar-refractivity contribution in [1.29, 1.82) is 0 Å². The fourth-order valence-corrected chi connectivity index (χ4v) is 3.08. The van der Waals surface area contributed by atoms with Crippen LogP contribution in [0.25, 0.3) is 11.1 Å². The van der Waals surface area contributed by atoms with Crippen LogP contribution in [0.4, 0.5) is 22.0 Å². The molecule has 0 heterocycles. The Morgan fingerprint density at radius 1 is 0.828 bits per heavy atom. The molecule has 3 aromatic carbocycles. The van der Waals surface area contributed by atoms with Crippen molar-refractivity contribution in [1.82, 2.24) is 0 Å². The third-order valence-corrected chi connectivity index (χ3v) is 4.58. The maximum atomic E-state index is 14.6. The first-order valence-electron chi connectivity index (χ1n) is 8.75. The number of hydrogen-bond donors (Lipinski definition) is 0. The first-order valence-corrected chi connectivity index (χ1v) is 9.16. The molecule has 7 heteroatoms. The van der Waals surface area contributed by atoms with Crippen LogP contribution in [0.1, 0.15) is 24.5 Å². The van der Waals surface area contributed by atoms with Gasteiger partial charge in [-0.2, -0.15) is 0 Å². The molecule has 0 amide bonds. The summed E-state index contributed by atoms with van der Waals surface area (Å²) in [6, 6.07) is 10.8. The lowest BCUT2D eigenvalue weighted by Gasteiger charge is -2.12. The number of halogens is 5. The van der Waals surface area contributed by atoms with Gasteiger partial charge >= 0.3 is 0 Å². The van der Waals surface area contributed by atoms with E-state index in [-0.39, 0.29) is 5.56 Å². The highest BCUT2D eigenvalue weighted by molar-refractivity contribution is 7.80. The van der Waals surface area contributed by atoms with Crippen molar-refractivity contribution in [2.75, 3.05) is 0 Å². The van der Waals surface area contributed by atoms with Crippen LogP contribution < -0.4 is 4.74 Å². The zero-order chi connectivity index (χ0) is 21.1. The van der Waals surface area contributed by atoms with Gasteiger partial charge < -0.3 is 4.74 Å². The SMILES string of the molecule is CCCc1ccc(-c2ccc(C(=S)Oc3cc(F)c(F)c(F)c3)c(F)c2F)cc1. The summed E-state index contributed by atoms with van der Waals surface area (Å²) in [7, 11) is 0. The Hall–Kier alpha value is -2.80. The maximum absolute atomic E-state index is 14.6. The second-order valence-corrected chi connectivity index (χ2v) is 6.70. The molecular formula is C22H15F5OS. The molecule has 0 aliphatic heterocycles. The molecule has 0 radical (unpaired) electrons. The van der Waals surface area contributed by atoms with E-state index in [2.05, 4.69) is 0 Å². The van der Waals surface area contributed by atoms with E-state index in [0.29, 0.717) is 17.7 Å². The maximum Gasteiger partial charge on any atom is 0.201 e. The monoisotopic (exact) mass is 422 g/mol. The summed E-state index contributed by atoms with van der Waals surface area (Å²) in [6.45, 7) is 2.04. The van der Waals surface area contributed by atoms with Gasteiger partial charge in [-0.1, -0.05) is 43.7 Å². The molecule has 0 spiro atoms. The first-order chi connectivity index (χ1) is 13.8. The number of hydrogen-bond acceptors (Lipinski definition) is 2. The van der Waals surface area contributed by atoms with Gasteiger partial charge in [0.25, 0.3) is 0 Å². The standard InChI is InChI=1S/C22H15F5OS/c1-2-3-12-4-6-13(7-5-12)15-8-9-16(20(26)19(15)25)22(29)28-14-10-17(23)21(27)18(24)11-14/h4-11H,2-3H2,1H3. The number of rotatable bonds is 5. The van der Waals surface area contributed by atoms with E-state index < -0.39 is 45.4 Å². The lowest BCUT2D eigenvalue weighted by molar-refractivity contribution is 0.435. The molecular weight excluding hydrogens is 407 g/mol.